The largest absolute Gasteiger partial charge is 0.444 e. The van der Waals surface area contributed by atoms with E-state index in [4.69, 9.17) is 4.74 Å². The first-order valence-electron chi connectivity index (χ1n) is 9.68. The summed E-state index contributed by atoms with van der Waals surface area (Å²) >= 11 is 3.45. The minimum Gasteiger partial charge on any atom is -0.444 e. The molecule has 2 heterocycles. The Morgan fingerprint density at radius 1 is 1.31 bits per heavy atom. The number of ether oxygens (including phenoxy) is 1. The topological polar surface area (TPSA) is 65.6 Å². The number of aromatic amines is 1. The van der Waals surface area contributed by atoms with Crippen molar-refractivity contribution in [3.63, 3.8) is 0 Å². The standard InChI is InChI=1S/C21H27BrFN3O3/c1-21(2,3)29-20(28)26-8-6-7-12(11-26)17-16(23)14-9-13(19(27)25(4)5)10-15(22)18(14)24-17/h9-10,12,24H,6-8,11H2,1-5H3. The van der Waals surface area contributed by atoms with Crippen molar-refractivity contribution in [1.29, 1.82) is 0 Å². The van der Waals surface area contributed by atoms with Gasteiger partial charge in [-0.25, -0.2) is 9.18 Å². The van der Waals surface area contributed by atoms with Crippen LogP contribution in [0, 0.1) is 5.82 Å². The summed E-state index contributed by atoms with van der Waals surface area (Å²) in [6.07, 6.45) is 1.16. The third-order valence-electron chi connectivity index (χ3n) is 4.96. The molecule has 158 valence electrons. The number of hydrogen-bond acceptors (Lipinski definition) is 3. The highest BCUT2D eigenvalue weighted by molar-refractivity contribution is 9.10. The molecular weight excluding hydrogens is 441 g/mol. The Morgan fingerprint density at radius 2 is 2.00 bits per heavy atom. The molecular formula is C21H27BrFN3O3. The van der Waals surface area contributed by atoms with Crippen LogP contribution in [0.5, 0.6) is 0 Å². The van der Waals surface area contributed by atoms with Gasteiger partial charge in [-0.05, 0) is 61.7 Å². The molecule has 1 unspecified atom stereocenters. The zero-order valence-corrected chi connectivity index (χ0v) is 19.0. The molecule has 1 N–H and O–H groups in total. The monoisotopic (exact) mass is 467 g/mol. The van der Waals surface area contributed by atoms with E-state index in [2.05, 4.69) is 20.9 Å². The van der Waals surface area contributed by atoms with Crippen LogP contribution in [0.2, 0.25) is 0 Å². The lowest BCUT2D eigenvalue weighted by molar-refractivity contribution is 0.0196. The third-order valence-corrected chi connectivity index (χ3v) is 5.58. The van der Waals surface area contributed by atoms with Crippen LogP contribution in [-0.4, -0.2) is 59.6 Å². The lowest BCUT2D eigenvalue weighted by Gasteiger charge is -2.33. The van der Waals surface area contributed by atoms with Gasteiger partial charge in [-0.1, -0.05) is 0 Å². The molecule has 1 fully saturated rings. The molecule has 1 saturated heterocycles. The molecule has 1 aromatic heterocycles. The summed E-state index contributed by atoms with van der Waals surface area (Å²) in [4.78, 5) is 31.0. The van der Waals surface area contributed by atoms with Crippen molar-refractivity contribution < 1.29 is 18.7 Å². The Hall–Kier alpha value is -2.09. The van der Waals surface area contributed by atoms with Gasteiger partial charge in [-0.15, -0.1) is 0 Å². The van der Waals surface area contributed by atoms with Crippen molar-refractivity contribution in [1.82, 2.24) is 14.8 Å². The number of carbonyl (C=O) groups is 2. The maximum absolute atomic E-state index is 15.3. The molecule has 6 nitrogen and oxygen atoms in total. The molecule has 0 aliphatic carbocycles. The van der Waals surface area contributed by atoms with Crippen LogP contribution < -0.4 is 0 Å². The summed E-state index contributed by atoms with van der Waals surface area (Å²) < 4.78 is 21.4. The number of carbonyl (C=O) groups excluding carboxylic acids is 2. The van der Waals surface area contributed by atoms with E-state index in [0.717, 1.165) is 12.8 Å². The van der Waals surface area contributed by atoms with Crippen molar-refractivity contribution in [2.75, 3.05) is 27.2 Å². The van der Waals surface area contributed by atoms with Crippen molar-refractivity contribution in [3.05, 3.63) is 33.7 Å². The number of H-pyrrole nitrogens is 1. The Kier molecular flexibility index (Phi) is 5.94. The second kappa shape index (κ2) is 7.97. The first-order chi connectivity index (χ1) is 13.5. The first-order valence-corrected chi connectivity index (χ1v) is 10.5. The number of amides is 2. The molecule has 2 aromatic rings. The van der Waals surface area contributed by atoms with E-state index in [0.29, 0.717) is 39.7 Å². The second-order valence-corrected chi connectivity index (χ2v) is 9.55. The molecule has 0 radical (unpaired) electrons. The van der Waals surface area contributed by atoms with Crippen LogP contribution in [0.3, 0.4) is 0 Å². The fourth-order valence-corrected chi connectivity index (χ4v) is 4.17. The Labute approximate surface area is 178 Å². The van der Waals surface area contributed by atoms with Gasteiger partial charge in [0.25, 0.3) is 5.91 Å². The average Bonchev–Trinajstić information content (AvgIpc) is 2.97. The fourth-order valence-electron chi connectivity index (χ4n) is 3.61. The summed E-state index contributed by atoms with van der Waals surface area (Å²) in [5.74, 6) is -0.725. The molecule has 1 aliphatic heterocycles. The number of nitrogens with one attached hydrogen (secondary N) is 1. The maximum Gasteiger partial charge on any atom is 0.410 e. The molecule has 29 heavy (non-hydrogen) atoms. The van der Waals surface area contributed by atoms with E-state index in [1.807, 2.05) is 20.8 Å². The third kappa shape index (κ3) is 4.57. The fraction of sp³-hybridized carbons (Fsp3) is 0.524. The average molecular weight is 468 g/mol. The number of halogens is 2. The number of rotatable bonds is 2. The molecule has 1 atom stereocenters. The van der Waals surface area contributed by atoms with Gasteiger partial charge in [0.1, 0.15) is 5.60 Å². The number of fused-ring (bicyclic) bond motifs is 1. The van der Waals surface area contributed by atoms with Crippen molar-refractivity contribution >= 4 is 38.8 Å². The Balaban J connectivity index is 1.91. The van der Waals surface area contributed by atoms with E-state index < -0.39 is 5.60 Å². The van der Waals surface area contributed by atoms with Crippen LogP contribution in [-0.2, 0) is 4.74 Å². The molecule has 8 heteroatoms. The summed E-state index contributed by atoms with van der Waals surface area (Å²) in [7, 11) is 3.32. The van der Waals surface area contributed by atoms with Crippen LogP contribution in [0.15, 0.2) is 16.6 Å². The number of hydrogen-bond donors (Lipinski definition) is 1. The highest BCUT2D eigenvalue weighted by Gasteiger charge is 2.31. The highest BCUT2D eigenvalue weighted by atomic mass is 79.9. The normalized spacial score (nSPS) is 17.5. The number of benzene rings is 1. The van der Waals surface area contributed by atoms with E-state index in [1.165, 1.54) is 4.90 Å². The SMILES string of the molecule is CN(C)C(=O)c1cc(Br)c2[nH]c(C3CCCN(C(=O)OC(C)(C)C)C3)c(F)c2c1. The zero-order chi connectivity index (χ0) is 21.5. The quantitative estimate of drug-likeness (QED) is 0.683. The van der Waals surface area contributed by atoms with Crippen LogP contribution in [0.1, 0.15) is 55.6 Å². The highest BCUT2D eigenvalue weighted by Crippen LogP contribution is 2.35. The smallest absolute Gasteiger partial charge is 0.410 e. The summed E-state index contributed by atoms with van der Waals surface area (Å²) in [5.41, 5.74) is 0.917. The molecule has 0 bridgehead atoms. The van der Waals surface area contributed by atoms with Crippen molar-refractivity contribution in [2.24, 2.45) is 0 Å². The molecule has 1 aliphatic rings. The second-order valence-electron chi connectivity index (χ2n) is 8.70. The molecule has 0 spiro atoms. The summed E-state index contributed by atoms with van der Waals surface area (Å²) in [5, 5.41) is 0.369. The zero-order valence-electron chi connectivity index (χ0n) is 17.4. The van der Waals surface area contributed by atoms with Crippen molar-refractivity contribution in [3.8, 4) is 0 Å². The van der Waals surface area contributed by atoms with Crippen LogP contribution in [0.4, 0.5) is 9.18 Å². The van der Waals surface area contributed by atoms with Gasteiger partial charge in [0, 0.05) is 48.5 Å². The van der Waals surface area contributed by atoms with E-state index in [-0.39, 0.29) is 23.7 Å². The predicted octanol–water partition coefficient (Wildman–Crippen LogP) is 4.89. The van der Waals surface area contributed by atoms with E-state index in [1.54, 1.807) is 31.1 Å². The van der Waals surface area contributed by atoms with Gasteiger partial charge in [-0.2, -0.15) is 0 Å². The maximum atomic E-state index is 15.3. The van der Waals surface area contributed by atoms with Gasteiger partial charge < -0.3 is 19.5 Å². The van der Waals surface area contributed by atoms with Gasteiger partial charge in [0.05, 0.1) is 11.2 Å². The van der Waals surface area contributed by atoms with Crippen LogP contribution in [0.25, 0.3) is 10.9 Å². The minimum absolute atomic E-state index is 0.163. The molecule has 3 rings (SSSR count). The number of piperidine rings is 1. The molecule has 2 amide bonds. The lowest BCUT2D eigenvalue weighted by Crippen LogP contribution is -2.42. The van der Waals surface area contributed by atoms with Gasteiger partial charge in [0.2, 0.25) is 0 Å². The minimum atomic E-state index is -0.573. The van der Waals surface area contributed by atoms with Crippen molar-refractivity contribution in [2.45, 2.75) is 45.1 Å². The lowest BCUT2D eigenvalue weighted by atomic mass is 9.94. The number of aromatic nitrogens is 1. The van der Waals surface area contributed by atoms with E-state index >= 15 is 4.39 Å². The predicted molar refractivity (Wildman–Crippen MR) is 114 cm³/mol. The van der Waals surface area contributed by atoms with Crippen LogP contribution >= 0.6 is 15.9 Å². The Morgan fingerprint density at radius 3 is 2.62 bits per heavy atom. The summed E-state index contributed by atoms with van der Waals surface area (Å²) in [6, 6.07) is 3.27. The van der Waals surface area contributed by atoms with Gasteiger partial charge in [0.15, 0.2) is 5.82 Å². The van der Waals surface area contributed by atoms with E-state index in [9.17, 15) is 9.59 Å². The Bertz CT molecular complexity index is 949. The molecule has 0 saturated carbocycles. The molecule has 1 aromatic carbocycles. The van der Waals surface area contributed by atoms with Gasteiger partial charge >= 0.3 is 6.09 Å². The first kappa shape index (κ1) is 21.6. The number of nitrogens with zero attached hydrogens (tertiary/aromatic N) is 2. The number of likely N-dealkylation sites (tertiary alicyclic amines) is 1. The summed E-state index contributed by atoms with van der Waals surface area (Å²) in [6.45, 7) is 6.47. The van der Waals surface area contributed by atoms with Gasteiger partial charge in [-0.3, -0.25) is 4.79 Å².